The van der Waals surface area contributed by atoms with Gasteiger partial charge in [0.15, 0.2) is 0 Å². The lowest BCUT2D eigenvalue weighted by molar-refractivity contribution is -0.167. The Labute approximate surface area is 249 Å². The predicted octanol–water partition coefficient (Wildman–Crippen LogP) is 4.69. The minimum absolute atomic E-state index is 0.000910. The van der Waals surface area contributed by atoms with Crippen LogP contribution in [0.5, 0.6) is 0 Å². The SMILES string of the molecule is CN(C)CCC[C@H]1C(=O)N(Cc2ccccc2F)C[C@@H]2N(C(=O)NCc3cc(C(F)(F)F)cc(C(F)(F)F)c3)CCC(=O)N21. The summed E-state index contributed by atoms with van der Waals surface area (Å²) in [5.74, 6) is -1.33. The Kier molecular flexibility index (Phi) is 9.76. The van der Waals surface area contributed by atoms with E-state index in [-0.39, 0.29) is 50.0 Å². The molecule has 4 rings (SSSR count). The van der Waals surface area contributed by atoms with Gasteiger partial charge in [-0.2, -0.15) is 26.3 Å². The van der Waals surface area contributed by atoms with Crippen molar-refractivity contribution < 1.29 is 45.1 Å². The number of carbonyl (C=O) groups excluding carboxylic acids is 3. The quantitative estimate of drug-likeness (QED) is 0.430. The monoisotopic (exact) mass is 631 g/mol. The first-order chi connectivity index (χ1) is 20.6. The molecule has 0 bridgehead atoms. The van der Waals surface area contributed by atoms with Crippen molar-refractivity contribution in [3.63, 3.8) is 0 Å². The van der Waals surface area contributed by atoms with Crippen molar-refractivity contribution in [1.29, 1.82) is 0 Å². The number of benzene rings is 2. The molecule has 0 aliphatic carbocycles. The molecule has 15 heteroatoms. The number of nitrogens with zero attached hydrogens (tertiary/aromatic N) is 4. The van der Waals surface area contributed by atoms with E-state index in [0.29, 0.717) is 25.1 Å². The molecule has 0 radical (unpaired) electrons. The van der Waals surface area contributed by atoms with Gasteiger partial charge in [-0.25, -0.2) is 9.18 Å². The van der Waals surface area contributed by atoms with Crippen LogP contribution in [-0.4, -0.2) is 83.4 Å². The number of hydrogen-bond acceptors (Lipinski definition) is 4. The molecule has 2 aliphatic heterocycles. The maximum atomic E-state index is 14.5. The van der Waals surface area contributed by atoms with Crippen LogP contribution in [0.25, 0.3) is 0 Å². The third-order valence-electron chi connectivity index (χ3n) is 7.61. The van der Waals surface area contributed by atoms with Gasteiger partial charge in [-0.1, -0.05) is 18.2 Å². The second kappa shape index (κ2) is 13.0. The number of piperazine rings is 1. The zero-order valence-electron chi connectivity index (χ0n) is 24.0. The molecule has 2 heterocycles. The highest BCUT2D eigenvalue weighted by Crippen LogP contribution is 2.36. The minimum Gasteiger partial charge on any atom is -0.334 e. The molecule has 1 N–H and O–H groups in total. The van der Waals surface area contributed by atoms with E-state index in [4.69, 9.17) is 0 Å². The summed E-state index contributed by atoms with van der Waals surface area (Å²) in [5.41, 5.74) is -3.22. The van der Waals surface area contributed by atoms with E-state index < -0.39 is 65.6 Å². The highest BCUT2D eigenvalue weighted by atomic mass is 19.4. The maximum Gasteiger partial charge on any atom is 0.416 e. The van der Waals surface area contributed by atoms with Crippen molar-refractivity contribution >= 4 is 17.8 Å². The maximum absolute atomic E-state index is 14.5. The first kappa shape index (κ1) is 33.0. The van der Waals surface area contributed by atoms with Crippen LogP contribution < -0.4 is 5.32 Å². The molecule has 2 atom stereocenters. The van der Waals surface area contributed by atoms with Crippen molar-refractivity contribution in [1.82, 2.24) is 24.9 Å². The smallest absolute Gasteiger partial charge is 0.334 e. The number of halogens is 7. The number of rotatable bonds is 8. The van der Waals surface area contributed by atoms with Crippen molar-refractivity contribution in [2.24, 2.45) is 0 Å². The molecule has 0 spiro atoms. The third kappa shape index (κ3) is 7.60. The molecule has 44 heavy (non-hydrogen) atoms. The Morgan fingerprint density at radius 3 is 2.23 bits per heavy atom. The molecule has 0 saturated carbocycles. The van der Waals surface area contributed by atoms with E-state index in [1.54, 1.807) is 6.07 Å². The fourth-order valence-corrected chi connectivity index (χ4v) is 5.47. The Balaban J connectivity index is 1.59. The number of nitrogens with one attached hydrogen (secondary N) is 1. The van der Waals surface area contributed by atoms with Gasteiger partial charge >= 0.3 is 18.4 Å². The Bertz CT molecular complexity index is 1350. The molecule has 0 unspecified atom stereocenters. The first-order valence-corrected chi connectivity index (χ1v) is 13.9. The fourth-order valence-electron chi connectivity index (χ4n) is 5.47. The normalized spacial score (nSPS) is 19.5. The lowest BCUT2D eigenvalue weighted by Crippen LogP contribution is -2.71. The number of carbonyl (C=O) groups is 3. The van der Waals surface area contributed by atoms with Gasteiger partial charge in [0.1, 0.15) is 18.0 Å². The lowest BCUT2D eigenvalue weighted by Gasteiger charge is -2.52. The van der Waals surface area contributed by atoms with Crippen LogP contribution >= 0.6 is 0 Å². The molecule has 2 aliphatic rings. The molecule has 2 aromatic rings. The van der Waals surface area contributed by atoms with Gasteiger partial charge in [0.2, 0.25) is 11.8 Å². The van der Waals surface area contributed by atoms with Crippen LogP contribution in [-0.2, 0) is 35.0 Å². The average Bonchev–Trinajstić information content (AvgIpc) is 2.93. The largest absolute Gasteiger partial charge is 0.416 e. The summed E-state index contributed by atoms with van der Waals surface area (Å²) in [7, 11) is 3.69. The topological polar surface area (TPSA) is 76.2 Å². The zero-order chi connectivity index (χ0) is 32.4. The second-order valence-corrected chi connectivity index (χ2v) is 11.1. The summed E-state index contributed by atoms with van der Waals surface area (Å²) in [4.78, 5) is 45.9. The number of amides is 4. The van der Waals surface area contributed by atoms with E-state index in [2.05, 4.69) is 5.32 Å². The minimum atomic E-state index is -5.05. The Morgan fingerprint density at radius 1 is 1.00 bits per heavy atom. The van der Waals surface area contributed by atoms with Gasteiger partial charge in [-0.15, -0.1) is 0 Å². The van der Waals surface area contributed by atoms with Gasteiger partial charge in [0.05, 0.1) is 17.7 Å². The van der Waals surface area contributed by atoms with Gasteiger partial charge in [-0.05, 0) is 63.3 Å². The van der Waals surface area contributed by atoms with Crippen molar-refractivity contribution in [3.05, 3.63) is 70.5 Å². The van der Waals surface area contributed by atoms with Crippen LogP contribution in [0.4, 0.5) is 35.5 Å². The molecular weight excluding hydrogens is 599 g/mol. The number of hydrogen-bond donors (Lipinski definition) is 1. The standard InChI is InChI=1S/C29H32F7N5O3/c1-38(2)10-5-8-23-26(43)39(16-19-6-3-4-7-22(19)30)17-24-40(11-9-25(42)41(23)24)27(44)37-15-18-12-20(28(31,32)33)14-21(13-18)29(34,35)36/h3-4,6-7,12-14,23-24H,5,8-11,15-17H2,1-2H3,(H,37,44)/t23-,24+/m0/s1. The first-order valence-electron chi connectivity index (χ1n) is 13.9. The van der Waals surface area contributed by atoms with E-state index in [0.717, 1.165) is 0 Å². The van der Waals surface area contributed by atoms with Crippen molar-refractivity contribution in [2.75, 3.05) is 33.7 Å². The number of urea groups is 1. The molecule has 8 nitrogen and oxygen atoms in total. The molecule has 2 fully saturated rings. The summed E-state index contributed by atoms with van der Waals surface area (Å²) in [6, 6.07) is 5.11. The summed E-state index contributed by atoms with van der Waals surface area (Å²) in [6.45, 7) is -0.460. The Hall–Kier alpha value is -3.88. The Morgan fingerprint density at radius 2 is 1.64 bits per heavy atom. The third-order valence-corrected chi connectivity index (χ3v) is 7.61. The van der Waals surface area contributed by atoms with Crippen molar-refractivity contribution in [2.45, 2.75) is 56.9 Å². The van der Waals surface area contributed by atoms with Gasteiger partial charge in [0.25, 0.3) is 0 Å². The van der Waals surface area contributed by atoms with Crippen LogP contribution in [0.2, 0.25) is 0 Å². The fraction of sp³-hybridized carbons (Fsp3) is 0.483. The van der Waals surface area contributed by atoms with Gasteiger partial charge < -0.3 is 24.9 Å². The lowest BCUT2D eigenvalue weighted by atomic mass is 9.99. The van der Waals surface area contributed by atoms with Crippen LogP contribution in [0.1, 0.15) is 41.5 Å². The molecule has 2 aromatic carbocycles. The van der Waals surface area contributed by atoms with E-state index >= 15 is 0 Å². The summed E-state index contributed by atoms with van der Waals surface area (Å²) in [5, 5.41) is 2.38. The van der Waals surface area contributed by atoms with E-state index in [1.807, 2.05) is 19.0 Å². The van der Waals surface area contributed by atoms with Gasteiger partial charge in [-0.3, -0.25) is 9.59 Å². The molecule has 4 amide bonds. The summed E-state index contributed by atoms with van der Waals surface area (Å²) in [6.07, 6.45) is -10.4. The van der Waals surface area contributed by atoms with E-state index in [1.165, 1.54) is 32.9 Å². The highest BCUT2D eigenvalue weighted by molar-refractivity contribution is 5.91. The second-order valence-electron chi connectivity index (χ2n) is 11.1. The summed E-state index contributed by atoms with van der Waals surface area (Å²) >= 11 is 0. The molecule has 240 valence electrons. The molecule has 2 saturated heterocycles. The number of alkyl halides is 6. The van der Waals surface area contributed by atoms with Crippen molar-refractivity contribution in [3.8, 4) is 0 Å². The van der Waals surface area contributed by atoms with Crippen LogP contribution in [0.15, 0.2) is 42.5 Å². The van der Waals surface area contributed by atoms with Gasteiger partial charge in [0, 0.05) is 31.6 Å². The zero-order valence-corrected chi connectivity index (χ0v) is 24.0. The molecular formula is C29H32F7N5O3. The number of fused-ring (bicyclic) bond motifs is 1. The average molecular weight is 632 g/mol. The molecule has 0 aromatic heterocycles. The van der Waals surface area contributed by atoms with Crippen LogP contribution in [0.3, 0.4) is 0 Å². The predicted molar refractivity (Wildman–Crippen MR) is 144 cm³/mol. The van der Waals surface area contributed by atoms with Crippen LogP contribution in [0, 0.1) is 5.82 Å². The van der Waals surface area contributed by atoms with E-state index in [9.17, 15) is 45.1 Å². The summed E-state index contributed by atoms with van der Waals surface area (Å²) < 4.78 is 94.4. The highest BCUT2D eigenvalue weighted by Gasteiger charge is 2.48.